The SMILES string of the molecule is C[C@@H](N)c1ccc(Oc2ccc(F)cc2F)cc1Br. The van der Waals surface area contributed by atoms with Crippen molar-refractivity contribution in [2.75, 3.05) is 0 Å². The van der Waals surface area contributed by atoms with Crippen molar-refractivity contribution < 1.29 is 13.5 Å². The molecule has 0 radical (unpaired) electrons. The first kappa shape index (κ1) is 14.0. The van der Waals surface area contributed by atoms with E-state index in [-0.39, 0.29) is 11.8 Å². The maximum absolute atomic E-state index is 13.4. The lowest BCUT2D eigenvalue weighted by Crippen LogP contribution is -2.05. The fourth-order valence-corrected chi connectivity index (χ4v) is 2.34. The van der Waals surface area contributed by atoms with E-state index in [1.54, 1.807) is 18.2 Å². The van der Waals surface area contributed by atoms with Crippen LogP contribution in [0.2, 0.25) is 0 Å². The van der Waals surface area contributed by atoms with Crippen molar-refractivity contribution in [3.63, 3.8) is 0 Å². The summed E-state index contributed by atoms with van der Waals surface area (Å²) in [6.45, 7) is 1.86. The zero-order valence-corrected chi connectivity index (χ0v) is 11.7. The average molecular weight is 328 g/mol. The van der Waals surface area contributed by atoms with Crippen LogP contribution in [0.1, 0.15) is 18.5 Å². The number of benzene rings is 2. The van der Waals surface area contributed by atoms with E-state index in [0.717, 1.165) is 22.2 Å². The number of hydrogen-bond acceptors (Lipinski definition) is 2. The molecule has 0 bridgehead atoms. The van der Waals surface area contributed by atoms with E-state index in [9.17, 15) is 8.78 Å². The Hall–Kier alpha value is -1.46. The standard InChI is InChI=1S/C14H12BrF2NO/c1-8(18)11-4-3-10(7-12(11)15)19-14-5-2-9(16)6-13(14)17/h2-8H,18H2,1H3/t8-/m1/s1. The maximum atomic E-state index is 13.4. The van der Waals surface area contributed by atoms with Gasteiger partial charge >= 0.3 is 0 Å². The summed E-state index contributed by atoms with van der Waals surface area (Å²) < 4.78 is 32.4. The number of rotatable bonds is 3. The van der Waals surface area contributed by atoms with Crippen LogP contribution in [-0.4, -0.2) is 0 Å². The average Bonchev–Trinajstić information content (AvgIpc) is 2.32. The van der Waals surface area contributed by atoms with Gasteiger partial charge in [0.15, 0.2) is 11.6 Å². The molecule has 0 fully saturated rings. The Morgan fingerprint density at radius 3 is 2.47 bits per heavy atom. The summed E-state index contributed by atoms with van der Waals surface area (Å²) in [6.07, 6.45) is 0. The van der Waals surface area contributed by atoms with Crippen LogP contribution < -0.4 is 10.5 Å². The highest BCUT2D eigenvalue weighted by molar-refractivity contribution is 9.10. The van der Waals surface area contributed by atoms with Crippen LogP contribution >= 0.6 is 15.9 Å². The molecule has 2 N–H and O–H groups in total. The van der Waals surface area contributed by atoms with Crippen LogP contribution in [0.4, 0.5) is 8.78 Å². The van der Waals surface area contributed by atoms with Crippen LogP contribution in [0, 0.1) is 11.6 Å². The zero-order chi connectivity index (χ0) is 14.0. The molecule has 0 heterocycles. The molecule has 2 nitrogen and oxygen atoms in total. The molecule has 0 aliphatic carbocycles. The summed E-state index contributed by atoms with van der Waals surface area (Å²) in [6, 6.07) is 8.23. The monoisotopic (exact) mass is 327 g/mol. The van der Waals surface area contributed by atoms with Crippen molar-refractivity contribution in [3.05, 3.63) is 58.1 Å². The predicted molar refractivity (Wildman–Crippen MR) is 73.2 cm³/mol. The van der Waals surface area contributed by atoms with Crippen molar-refractivity contribution in [1.82, 2.24) is 0 Å². The molecule has 2 rings (SSSR count). The van der Waals surface area contributed by atoms with Gasteiger partial charge in [-0.25, -0.2) is 8.78 Å². The number of halogens is 3. The summed E-state index contributed by atoms with van der Waals surface area (Å²) in [5, 5.41) is 0. The molecular formula is C14H12BrF2NO. The first-order valence-electron chi connectivity index (χ1n) is 5.65. The van der Waals surface area contributed by atoms with Crippen LogP contribution in [0.5, 0.6) is 11.5 Å². The minimum atomic E-state index is -0.743. The highest BCUT2D eigenvalue weighted by atomic mass is 79.9. The van der Waals surface area contributed by atoms with Crippen molar-refractivity contribution in [3.8, 4) is 11.5 Å². The molecule has 0 aliphatic rings. The molecule has 0 aromatic heterocycles. The van der Waals surface area contributed by atoms with Crippen molar-refractivity contribution in [2.45, 2.75) is 13.0 Å². The fraction of sp³-hybridized carbons (Fsp3) is 0.143. The number of ether oxygens (including phenoxy) is 1. The van der Waals surface area contributed by atoms with E-state index < -0.39 is 11.6 Å². The van der Waals surface area contributed by atoms with Crippen molar-refractivity contribution >= 4 is 15.9 Å². The summed E-state index contributed by atoms with van der Waals surface area (Å²) in [5.41, 5.74) is 6.71. The van der Waals surface area contributed by atoms with Gasteiger partial charge in [-0.3, -0.25) is 0 Å². The number of hydrogen-bond donors (Lipinski definition) is 1. The van der Waals surface area contributed by atoms with Crippen LogP contribution in [0.3, 0.4) is 0 Å². The molecule has 1 atom stereocenters. The molecule has 0 unspecified atom stereocenters. The van der Waals surface area contributed by atoms with Crippen molar-refractivity contribution in [2.24, 2.45) is 5.73 Å². The van der Waals surface area contributed by atoms with E-state index in [1.165, 1.54) is 6.07 Å². The first-order chi connectivity index (χ1) is 8.97. The zero-order valence-electron chi connectivity index (χ0n) is 10.2. The smallest absolute Gasteiger partial charge is 0.168 e. The van der Waals surface area contributed by atoms with Gasteiger partial charge in [-0.1, -0.05) is 22.0 Å². The highest BCUT2D eigenvalue weighted by Gasteiger charge is 2.09. The van der Waals surface area contributed by atoms with E-state index in [4.69, 9.17) is 10.5 Å². The van der Waals surface area contributed by atoms with Gasteiger partial charge in [-0.05, 0) is 36.8 Å². The van der Waals surface area contributed by atoms with Gasteiger partial charge in [0, 0.05) is 16.6 Å². The van der Waals surface area contributed by atoms with E-state index >= 15 is 0 Å². The Morgan fingerprint density at radius 2 is 1.89 bits per heavy atom. The third-order valence-corrected chi connectivity index (χ3v) is 3.27. The molecular weight excluding hydrogens is 316 g/mol. The molecule has 19 heavy (non-hydrogen) atoms. The lowest BCUT2D eigenvalue weighted by molar-refractivity contribution is 0.437. The predicted octanol–water partition coefficient (Wildman–Crippen LogP) is 4.54. The van der Waals surface area contributed by atoms with Crippen LogP contribution in [0.25, 0.3) is 0 Å². The Balaban J connectivity index is 2.26. The largest absolute Gasteiger partial charge is 0.454 e. The van der Waals surface area contributed by atoms with Gasteiger partial charge in [-0.15, -0.1) is 0 Å². The normalized spacial score (nSPS) is 12.3. The molecule has 0 amide bonds. The Bertz CT molecular complexity index is 602. The molecule has 2 aromatic carbocycles. The molecule has 0 spiro atoms. The molecule has 0 saturated carbocycles. The molecule has 5 heteroatoms. The van der Waals surface area contributed by atoms with E-state index in [0.29, 0.717) is 5.75 Å². The van der Waals surface area contributed by atoms with Gasteiger partial charge < -0.3 is 10.5 Å². The third-order valence-electron chi connectivity index (χ3n) is 2.58. The van der Waals surface area contributed by atoms with Gasteiger partial charge in [-0.2, -0.15) is 0 Å². The first-order valence-corrected chi connectivity index (χ1v) is 6.44. The molecule has 0 aliphatic heterocycles. The van der Waals surface area contributed by atoms with Crippen molar-refractivity contribution in [1.29, 1.82) is 0 Å². The second-order valence-electron chi connectivity index (χ2n) is 4.15. The molecule has 0 saturated heterocycles. The molecule has 100 valence electrons. The summed E-state index contributed by atoms with van der Waals surface area (Å²) >= 11 is 3.38. The lowest BCUT2D eigenvalue weighted by atomic mass is 10.1. The number of nitrogens with two attached hydrogens (primary N) is 1. The van der Waals surface area contributed by atoms with Crippen LogP contribution in [-0.2, 0) is 0 Å². The van der Waals surface area contributed by atoms with E-state index in [1.807, 2.05) is 6.92 Å². The van der Waals surface area contributed by atoms with Crippen LogP contribution in [0.15, 0.2) is 40.9 Å². The summed E-state index contributed by atoms with van der Waals surface area (Å²) in [5.74, 6) is -0.964. The Labute approximate surface area is 118 Å². The van der Waals surface area contributed by atoms with E-state index in [2.05, 4.69) is 15.9 Å². The second kappa shape index (κ2) is 5.67. The second-order valence-corrected chi connectivity index (χ2v) is 5.00. The van der Waals surface area contributed by atoms with Gasteiger partial charge in [0.25, 0.3) is 0 Å². The third kappa shape index (κ3) is 3.30. The Kier molecular flexibility index (Phi) is 4.17. The van der Waals surface area contributed by atoms with Gasteiger partial charge in [0.1, 0.15) is 11.6 Å². The summed E-state index contributed by atoms with van der Waals surface area (Å²) in [7, 11) is 0. The minimum absolute atomic E-state index is 0.0261. The minimum Gasteiger partial charge on any atom is -0.454 e. The lowest BCUT2D eigenvalue weighted by Gasteiger charge is -2.11. The quantitative estimate of drug-likeness (QED) is 0.898. The van der Waals surface area contributed by atoms with Gasteiger partial charge in [0.2, 0.25) is 0 Å². The maximum Gasteiger partial charge on any atom is 0.168 e. The summed E-state index contributed by atoms with van der Waals surface area (Å²) in [4.78, 5) is 0. The van der Waals surface area contributed by atoms with Gasteiger partial charge in [0.05, 0.1) is 0 Å². The Morgan fingerprint density at radius 1 is 1.16 bits per heavy atom. The fourth-order valence-electron chi connectivity index (χ4n) is 1.63. The topological polar surface area (TPSA) is 35.2 Å². The highest BCUT2D eigenvalue weighted by Crippen LogP contribution is 2.30. The molecule has 2 aromatic rings.